The average Bonchev–Trinajstić information content (AvgIpc) is 3.18. The maximum absolute atomic E-state index is 5.48. The van der Waals surface area contributed by atoms with Gasteiger partial charge in [0.1, 0.15) is 0 Å². The van der Waals surface area contributed by atoms with Crippen LogP contribution in [0.25, 0.3) is 22.2 Å². The van der Waals surface area contributed by atoms with E-state index in [1.807, 2.05) is 0 Å². The minimum absolute atomic E-state index is 0.826. The number of aromatic amines is 1. The summed E-state index contributed by atoms with van der Waals surface area (Å²) in [5, 5.41) is 1.21. The third-order valence-corrected chi connectivity index (χ3v) is 6.53. The third kappa shape index (κ3) is 4.83. The minimum Gasteiger partial charge on any atom is -0.379 e. The largest absolute Gasteiger partial charge is 0.379 e. The summed E-state index contributed by atoms with van der Waals surface area (Å²) < 4.78 is 5.48. The zero-order valence-electron chi connectivity index (χ0n) is 18.7. The van der Waals surface area contributed by atoms with Crippen molar-refractivity contribution in [2.45, 2.75) is 20.0 Å². The van der Waals surface area contributed by atoms with Gasteiger partial charge in [0.15, 0.2) is 0 Å². The molecule has 0 atom stereocenters. The van der Waals surface area contributed by atoms with Crippen molar-refractivity contribution < 1.29 is 4.74 Å². The topological polar surface area (TPSA) is 47.6 Å². The van der Waals surface area contributed by atoms with E-state index in [4.69, 9.17) is 9.72 Å². The number of likely N-dealkylation sites (N-methyl/N-ethyl adjacent to an activating group) is 1. The Morgan fingerprint density at radius 3 is 2.35 bits per heavy atom. The van der Waals surface area contributed by atoms with Gasteiger partial charge >= 0.3 is 0 Å². The lowest BCUT2D eigenvalue weighted by Gasteiger charge is -2.32. The summed E-state index contributed by atoms with van der Waals surface area (Å²) in [5.41, 5.74) is 7.10. The molecule has 1 N–H and O–H groups in total. The molecule has 31 heavy (non-hydrogen) atoms. The Kier molecular flexibility index (Phi) is 6.05. The molecule has 164 valence electrons. The predicted octanol–water partition coefficient (Wildman–Crippen LogP) is 3.12. The van der Waals surface area contributed by atoms with Crippen LogP contribution in [-0.2, 0) is 17.8 Å². The van der Waals surface area contributed by atoms with E-state index in [9.17, 15) is 0 Å². The van der Waals surface area contributed by atoms with Gasteiger partial charge in [0.05, 0.1) is 18.9 Å². The molecular formula is C25H33N5O. The van der Waals surface area contributed by atoms with E-state index in [1.165, 1.54) is 27.7 Å². The van der Waals surface area contributed by atoms with Crippen molar-refractivity contribution in [1.29, 1.82) is 0 Å². The number of ether oxygens (including phenoxy) is 1. The van der Waals surface area contributed by atoms with Crippen molar-refractivity contribution in [3.8, 4) is 11.3 Å². The zero-order chi connectivity index (χ0) is 21.2. The van der Waals surface area contributed by atoms with E-state index in [0.717, 1.165) is 77.0 Å². The number of nitrogens with zero attached hydrogens (tertiary/aromatic N) is 4. The van der Waals surface area contributed by atoms with Crippen LogP contribution in [0.4, 0.5) is 0 Å². The second-order valence-electron chi connectivity index (χ2n) is 9.03. The predicted molar refractivity (Wildman–Crippen MR) is 125 cm³/mol. The van der Waals surface area contributed by atoms with Crippen LogP contribution < -0.4 is 0 Å². The number of fused-ring (bicyclic) bond motifs is 1. The van der Waals surface area contributed by atoms with E-state index >= 15 is 0 Å². The van der Waals surface area contributed by atoms with Crippen molar-refractivity contribution in [2.24, 2.45) is 0 Å². The number of nitrogens with one attached hydrogen (secondary N) is 1. The smallest absolute Gasteiger partial charge is 0.0799 e. The van der Waals surface area contributed by atoms with Gasteiger partial charge in [-0.15, -0.1) is 0 Å². The molecule has 0 bridgehead atoms. The molecule has 6 heteroatoms. The normalized spacial score (nSPS) is 19.3. The van der Waals surface area contributed by atoms with Crippen molar-refractivity contribution in [3.63, 3.8) is 0 Å². The number of H-pyrrole nitrogens is 1. The van der Waals surface area contributed by atoms with Crippen LogP contribution in [0.15, 0.2) is 36.4 Å². The number of morpholine rings is 1. The van der Waals surface area contributed by atoms with Gasteiger partial charge in [-0.1, -0.05) is 24.3 Å². The van der Waals surface area contributed by atoms with Gasteiger partial charge in [-0.05, 0) is 31.7 Å². The summed E-state index contributed by atoms with van der Waals surface area (Å²) >= 11 is 0. The molecule has 0 radical (unpaired) electrons. The van der Waals surface area contributed by atoms with Crippen LogP contribution in [0, 0.1) is 6.92 Å². The molecule has 2 aromatic heterocycles. The molecule has 2 aliphatic heterocycles. The fourth-order valence-electron chi connectivity index (χ4n) is 4.65. The van der Waals surface area contributed by atoms with E-state index in [0.29, 0.717) is 0 Å². The highest BCUT2D eigenvalue weighted by molar-refractivity contribution is 5.93. The Hall–Kier alpha value is -2.25. The molecule has 5 rings (SSSR count). The van der Waals surface area contributed by atoms with Crippen molar-refractivity contribution in [3.05, 3.63) is 53.3 Å². The summed E-state index contributed by atoms with van der Waals surface area (Å²) in [6.07, 6.45) is 0. The number of aryl methyl sites for hydroxylation is 1. The van der Waals surface area contributed by atoms with E-state index in [2.05, 4.69) is 70.1 Å². The highest BCUT2D eigenvalue weighted by atomic mass is 16.5. The van der Waals surface area contributed by atoms with Crippen LogP contribution in [0.5, 0.6) is 0 Å². The van der Waals surface area contributed by atoms with Crippen LogP contribution in [-0.4, -0.2) is 84.2 Å². The maximum Gasteiger partial charge on any atom is 0.0799 e. The number of benzene rings is 1. The van der Waals surface area contributed by atoms with Gasteiger partial charge in [-0.3, -0.25) is 14.8 Å². The van der Waals surface area contributed by atoms with Gasteiger partial charge in [-0.2, -0.15) is 0 Å². The van der Waals surface area contributed by atoms with Crippen LogP contribution in [0.3, 0.4) is 0 Å². The van der Waals surface area contributed by atoms with Gasteiger partial charge in [-0.25, -0.2) is 0 Å². The van der Waals surface area contributed by atoms with Gasteiger partial charge in [0.2, 0.25) is 0 Å². The second-order valence-corrected chi connectivity index (χ2v) is 9.03. The molecule has 3 aromatic rings. The minimum atomic E-state index is 0.826. The standard InChI is InChI=1S/C25H33N5O/c1-19-15-24-23(16-22(27-24)18-30-11-13-31-14-12-30)25(26-19)21-5-3-20(4-6-21)17-29-9-7-28(2)8-10-29/h3-6,15-16,27H,7-14,17-18H2,1-2H3. The first-order chi connectivity index (χ1) is 15.1. The number of pyridine rings is 1. The fraction of sp³-hybridized carbons (Fsp3) is 0.480. The third-order valence-electron chi connectivity index (χ3n) is 6.53. The number of hydrogen-bond acceptors (Lipinski definition) is 5. The Bertz CT molecular complexity index is 1010. The number of rotatable bonds is 5. The molecular weight excluding hydrogens is 386 g/mol. The molecule has 1 aromatic carbocycles. The van der Waals surface area contributed by atoms with E-state index in [1.54, 1.807) is 0 Å². The molecule has 6 nitrogen and oxygen atoms in total. The Morgan fingerprint density at radius 1 is 0.903 bits per heavy atom. The van der Waals surface area contributed by atoms with Crippen LogP contribution in [0.1, 0.15) is 17.0 Å². The Balaban J connectivity index is 1.36. The maximum atomic E-state index is 5.48. The molecule has 0 unspecified atom stereocenters. The Labute approximate surface area is 184 Å². The fourth-order valence-corrected chi connectivity index (χ4v) is 4.65. The van der Waals surface area contributed by atoms with Crippen LogP contribution >= 0.6 is 0 Å². The lowest BCUT2D eigenvalue weighted by Crippen LogP contribution is -2.43. The summed E-state index contributed by atoms with van der Waals surface area (Å²) in [6.45, 7) is 12.3. The van der Waals surface area contributed by atoms with E-state index < -0.39 is 0 Å². The first-order valence-electron chi connectivity index (χ1n) is 11.4. The number of aromatic nitrogens is 2. The molecule has 2 aliphatic rings. The van der Waals surface area contributed by atoms with Gasteiger partial charge < -0.3 is 14.6 Å². The number of hydrogen-bond donors (Lipinski definition) is 1. The number of piperazine rings is 1. The quantitative estimate of drug-likeness (QED) is 0.689. The summed E-state index contributed by atoms with van der Waals surface area (Å²) in [4.78, 5) is 15.9. The average molecular weight is 420 g/mol. The van der Waals surface area contributed by atoms with Crippen molar-refractivity contribution >= 4 is 10.9 Å². The second kappa shape index (κ2) is 9.09. The lowest BCUT2D eigenvalue weighted by molar-refractivity contribution is 0.0337. The lowest BCUT2D eigenvalue weighted by atomic mass is 10.0. The zero-order valence-corrected chi connectivity index (χ0v) is 18.7. The summed E-state index contributed by atoms with van der Waals surface area (Å²) in [6, 6.07) is 13.5. The van der Waals surface area contributed by atoms with Crippen LogP contribution in [0.2, 0.25) is 0 Å². The van der Waals surface area contributed by atoms with E-state index in [-0.39, 0.29) is 0 Å². The first-order valence-corrected chi connectivity index (χ1v) is 11.4. The SMILES string of the molecule is Cc1cc2[nH]c(CN3CCOCC3)cc2c(-c2ccc(CN3CCN(C)CC3)cc2)n1. The molecule has 2 fully saturated rings. The summed E-state index contributed by atoms with van der Waals surface area (Å²) in [5.74, 6) is 0. The molecule has 0 saturated carbocycles. The summed E-state index contributed by atoms with van der Waals surface area (Å²) in [7, 11) is 2.20. The van der Waals surface area contributed by atoms with Gasteiger partial charge in [0.25, 0.3) is 0 Å². The monoisotopic (exact) mass is 419 g/mol. The molecule has 2 saturated heterocycles. The molecule has 4 heterocycles. The highest BCUT2D eigenvalue weighted by Gasteiger charge is 2.16. The van der Waals surface area contributed by atoms with Crippen molar-refractivity contribution in [2.75, 3.05) is 59.5 Å². The molecule has 0 aliphatic carbocycles. The van der Waals surface area contributed by atoms with Crippen molar-refractivity contribution in [1.82, 2.24) is 24.7 Å². The molecule has 0 spiro atoms. The first kappa shape index (κ1) is 20.6. The van der Waals surface area contributed by atoms with Gasteiger partial charge in [0, 0.05) is 80.2 Å². The molecule has 0 amide bonds. The highest BCUT2D eigenvalue weighted by Crippen LogP contribution is 2.29. The Morgan fingerprint density at radius 2 is 1.61 bits per heavy atom.